The van der Waals surface area contributed by atoms with Gasteiger partial charge in [-0.3, -0.25) is 9.48 Å². The zero-order valence-corrected chi connectivity index (χ0v) is 16.0. The predicted molar refractivity (Wildman–Crippen MR) is 102 cm³/mol. The van der Waals surface area contributed by atoms with Crippen LogP contribution in [0.3, 0.4) is 0 Å². The van der Waals surface area contributed by atoms with Gasteiger partial charge in [-0.05, 0) is 32.1 Å². The maximum absolute atomic E-state index is 12.6. The Bertz CT molecular complexity index is 745. The van der Waals surface area contributed by atoms with Crippen LogP contribution in [0.1, 0.15) is 29.5 Å². The van der Waals surface area contributed by atoms with Gasteiger partial charge in [-0.2, -0.15) is 5.10 Å². The number of benzene rings is 1. The largest absolute Gasteiger partial charge is 0.385 e. The van der Waals surface area contributed by atoms with Crippen LogP contribution in [0.4, 0.5) is 0 Å². The van der Waals surface area contributed by atoms with E-state index in [1.807, 2.05) is 65.0 Å². The minimum absolute atomic E-state index is 0.0176. The summed E-state index contributed by atoms with van der Waals surface area (Å²) in [6.07, 6.45) is 0.209. The number of rotatable bonds is 7. The van der Waals surface area contributed by atoms with Crippen LogP contribution < -0.4 is 0 Å². The molecule has 146 valence electrons. The molecule has 2 heterocycles. The van der Waals surface area contributed by atoms with E-state index >= 15 is 0 Å². The molecule has 0 saturated heterocycles. The summed E-state index contributed by atoms with van der Waals surface area (Å²) in [7, 11) is 3.83. The summed E-state index contributed by atoms with van der Waals surface area (Å²) in [6, 6.07) is 11.7. The first-order chi connectivity index (χ1) is 13.0. The molecule has 7 nitrogen and oxygen atoms in total. The smallest absolute Gasteiger partial charge is 0.248 e. The van der Waals surface area contributed by atoms with E-state index in [4.69, 9.17) is 4.74 Å². The van der Waals surface area contributed by atoms with Crippen LogP contribution in [-0.2, 0) is 29.2 Å². The molecule has 1 aromatic heterocycles. The highest BCUT2D eigenvalue weighted by atomic mass is 16.5. The summed E-state index contributed by atoms with van der Waals surface area (Å²) in [5.41, 5.74) is 2.67. The maximum atomic E-state index is 12.6. The van der Waals surface area contributed by atoms with Gasteiger partial charge in [0.15, 0.2) is 0 Å². The molecule has 3 rings (SSSR count). The normalized spacial score (nSPS) is 15.5. The summed E-state index contributed by atoms with van der Waals surface area (Å²) in [4.78, 5) is 16.3. The van der Waals surface area contributed by atoms with Gasteiger partial charge in [0.25, 0.3) is 0 Å². The topological polar surface area (TPSA) is 70.8 Å². The summed E-state index contributed by atoms with van der Waals surface area (Å²) >= 11 is 0. The number of aliphatic hydroxyl groups is 1. The lowest BCUT2D eigenvalue weighted by Crippen LogP contribution is -2.33. The summed E-state index contributed by atoms with van der Waals surface area (Å²) in [5.74, 6) is -0.0176. The number of carbonyl (C=O) groups excluding carboxylic acids is 1. The van der Waals surface area contributed by atoms with Crippen LogP contribution in [0, 0.1) is 0 Å². The third-order valence-electron chi connectivity index (χ3n) is 4.60. The Morgan fingerprint density at radius 2 is 2.07 bits per heavy atom. The van der Waals surface area contributed by atoms with Gasteiger partial charge in [-0.1, -0.05) is 30.3 Å². The Labute approximate surface area is 160 Å². The van der Waals surface area contributed by atoms with Crippen molar-refractivity contribution < 1.29 is 14.6 Å². The Kier molecular flexibility index (Phi) is 6.60. The van der Waals surface area contributed by atoms with E-state index in [0.717, 1.165) is 24.2 Å². The monoisotopic (exact) mass is 372 g/mol. The van der Waals surface area contributed by atoms with Crippen molar-refractivity contribution in [2.24, 2.45) is 0 Å². The van der Waals surface area contributed by atoms with Crippen LogP contribution in [0.25, 0.3) is 0 Å². The molecule has 0 saturated carbocycles. The number of aryl methyl sites for hydroxylation is 1. The van der Waals surface area contributed by atoms with Gasteiger partial charge in [0, 0.05) is 19.6 Å². The van der Waals surface area contributed by atoms with Crippen LogP contribution in [0.5, 0.6) is 0 Å². The number of hydrogen-bond acceptors (Lipinski definition) is 5. The lowest BCUT2D eigenvalue weighted by atomic mass is 10.2. The Balaban J connectivity index is 1.57. The quantitative estimate of drug-likeness (QED) is 0.796. The van der Waals surface area contributed by atoms with Crippen molar-refractivity contribution in [1.82, 2.24) is 19.6 Å². The SMILES string of the molecule is CN(C)CC(O)c1cc2n(n1)CCCN(C(=O)COCc1ccccc1)C2. The van der Waals surface area contributed by atoms with Crippen molar-refractivity contribution in [3.63, 3.8) is 0 Å². The van der Waals surface area contributed by atoms with E-state index in [9.17, 15) is 9.90 Å². The van der Waals surface area contributed by atoms with Crippen LogP contribution >= 0.6 is 0 Å². The van der Waals surface area contributed by atoms with E-state index in [0.29, 0.717) is 31.9 Å². The second-order valence-electron chi connectivity index (χ2n) is 7.21. The Hall–Kier alpha value is -2.22. The minimum atomic E-state index is -0.627. The molecule has 1 atom stereocenters. The van der Waals surface area contributed by atoms with Crippen LogP contribution in [-0.4, -0.2) is 64.4 Å². The number of hydrogen-bond donors (Lipinski definition) is 1. The fraction of sp³-hybridized carbons (Fsp3) is 0.500. The number of likely N-dealkylation sites (N-methyl/N-ethyl adjacent to an activating group) is 1. The molecule has 0 fully saturated rings. The van der Waals surface area contributed by atoms with Gasteiger partial charge in [-0.15, -0.1) is 0 Å². The van der Waals surface area contributed by atoms with Crippen molar-refractivity contribution in [2.45, 2.75) is 32.2 Å². The molecule has 1 aliphatic rings. The van der Waals surface area contributed by atoms with E-state index in [1.54, 1.807) is 0 Å². The molecule has 1 unspecified atom stereocenters. The van der Waals surface area contributed by atoms with Crippen molar-refractivity contribution in [3.8, 4) is 0 Å². The van der Waals surface area contributed by atoms with Crippen molar-refractivity contribution >= 4 is 5.91 Å². The average Bonchev–Trinajstić information content (AvgIpc) is 2.94. The second-order valence-corrected chi connectivity index (χ2v) is 7.21. The van der Waals surface area contributed by atoms with Crippen molar-refractivity contribution in [2.75, 3.05) is 33.8 Å². The van der Waals surface area contributed by atoms with Gasteiger partial charge in [0.2, 0.25) is 5.91 Å². The van der Waals surface area contributed by atoms with E-state index in [2.05, 4.69) is 5.10 Å². The molecule has 0 aliphatic carbocycles. The first kappa shape index (κ1) is 19.5. The summed E-state index contributed by atoms with van der Waals surface area (Å²) < 4.78 is 7.50. The molecule has 1 aliphatic heterocycles. The predicted octanol–water partition coefficient (Wildman–Crippen LogP) is 1.43. The number of nitrogens with zero attached hydrogens (tertiary/aromatic N) is 4. The third-order valence-corrected chi connectivity index (χ3v) is 4.60. The fourth-order valence-corrected chi connectivity index (χ4v) is 3.22. The number of aromatic nitrogens is 2. The Morgan fingerprint density at radius 1 is 1.30 bits per heavy atom. The molecule has 0 radical (unpaired) electrons. The van der Waals surface area contributed by atoms with Gasteiger partial charge in [0.1, 0.15) is 12.7 Å². The first-order valence-electron chi connectivity index (χ1n) is 9.32. The molecule has 1 amide bonds. The fourth-order valence-electron chi connectivity index (χ4n) is 3.22. The first-order valence-corrected chi connectivity index (χ1v) is 9.32. The third kappa shape index (κ3) is 5.38. The zero-order chi connectivity index (χ0) is 19.2. The molecular weight excluding hydrogens is 344 g/mol. The lowest BCUT2D eigenvalue weighted by Gasteiger charge is -2.20. The molecule has 1 aromatic carbocycles. The molecule has 27 heavy (non-hydrogen) atoms. The van der Waals surface area contributed by atoms with E-state index in [-0.39, 0.29) is 12.5 Å². The highest BCUT2D eigenvalue weighted by Crippen LogP contribution is 2.19. The lowest BCUT2D eigenvalue weighted by molar-refractivity contribution is -0.137. The summed E-state index contributed by atoms with van der Waals surface area (Å²) in [6.45, 7) is 2.95. The van der Waals surface area contributed by atoms with E-state index < -0.39 is 6.10 Å². The van der Waals surface area contributed by atoms with Crippen molar-refractivity contribution in [1.29, 1.82) is 0 Å². The Morgan fingerprint density at radius 3 is 2.81 bits per heavy atom. The molecule has 0 spiro atoms. The molecule has 0 bridgehead atoms. The van der Waals surface area contributed by atoms with Crippen LogP contribution in [0.15, 0.2) is 36.4 Å². The standard InChI is InChI=1S/C20H28N4O3/c1-22(2)13-19(25)18-11-17-12-23(9-6-10-24(17)21-18)20(26)15-27-14-16-7-4-3-5-8-16/h3-5,7-8,11,19,25H,6,9-10,12-15H2,1-2H3. The van der Waals surface area contributed by atoms with Gasteiger partial charge in [0.05, 0.1) is 24.5 Å². The number of carbonyl (C=O) groups is 1. The second kappa shape index (κ2) is 9.12. The number of amides is 1. The molecule has 1 N–H and O–H groups in total. The molecule has 7 heteroatoms. The van der Waals surface area contributed by atoms with E-state index in [1.165, 1.54) is 0 Å². The van der Waals surface area contributed by atoms with Gasteiger partial charge in [-0.25, -0.2) is 0 Å². The number of fused-ring (bicyclic) bond motifs is 1. The average molecular weight is 372 g/mol. The maximum Gasteiger partial charge on any atom is 0.248 e. The van der Waals surface area contributed by atoms with Crippen molar-refractivity contribution in [3.05, 3.63) is 53.3 Å². The minimum Gasteiger partial charge on any atom is -0.385 e. The molecular formula is C20H28N4O3. The molecule has 2 aromatic rings. The zero-order valence-electron chi connectivity index (χ0n) is 16.0. The number of aliphatic hydroxyl groups excluding tert-OH is 1. The van der Waals surface area contributed by atoms with Gasteiger partial charge < -0.3 is 19.6 Å². The highest BCUT2D eigenvalue weighted by Gasteiger charge is 2.22. The summed E-state index contributed by atoms with van der Waals surface area (Å²) in [5, 5.41) is 14.8. The van der Waals surface area contributed by atoms with Crippen LogP contribution in [0.2, 0.25) is 0 Å². The highest BCUT2D eigenvalue weighted by molar-refractivity contribution is 5.77. The van der Waals surface area contributed by atoms with Gasteiger partial charge >= 0.3 is 0 Å². The number of ether oxygens (including phenoxy) is 1.